The second-order valence-corrected chi connectivity index (χ2v) is 6.84. The third-order valence-corrected chi connectivity index (χ3v) is 4.70. The van der Waals surface area contributed by atoms with Crippen LogP contribution in [0, 0.1) is 17.5 Å². The van der Waals surface area contributed by atoms with Crippen LogP contribution < -0.4 is 15.5 Å². The van der Waals surface area contributed by atoms with Gasteiger partial charge in [0.1, 0.15) is 0 Å². The molecule has 0 spiro atoms. The van der Waals surface area contributed by atoms with Crippen LogP contribution >= 0.6 is 15.9 Å². The molecule has 0 saturated heterocycles. The molecule has 3 N–H and O–H groups in total. The van der Waals surface area contributed by atoms with Crippen molar-refractivity contribution < 1.29 is 27.7 Å². The lowest BCUT2D eigenvalue weighted by atomic mass is 10.2. The first-order chi connectivity index (χ1) is 12.7. The molecule has 9 heteroatoms. The van der Waals surface area contributed by atoms with E-state index in [1.807, 2.05) is 0 Å². The lowest BCUT2D eigenvalue weighted by Gasteiger charge is -2.21. The zero-order chi connectivity index (χ0) is 20.1. The summed E-state index contributed by atoms with van der Waals surface area (Å²) >= 11 is 3.32. The summed E-state index contributed by atoms with van der Waals surface area (Å²) in [6, 6.07) is 7.98. The van der Waals surface area contributed by atoms with E-state index < -0.39 is 35.1 Å². The van der Waals surface area contributed by atoms with Crippen molar-refractivity contribution in [3.05, 3.63) is 58.3 Å². The molecule has 0 heterocycles. The molecular formula is C18H18BrF3N3O2+. The van der Waals surface area contributed by atoms with Gasteiger partial charge in [-0.2, -0.15) is 0 Å². The molecule has 0 aliphatic heterocycles. The van der Waals surface area contributed by atoms with Gasteiger partial charge < -0.3 is 15.5 Å². The summed E-state index contributed by atoms with van der Waals surface area (Å²) in [4.78, 5) is 24.9. The molecule has 2 rings (SSSR count). The van der Waals surface area contributed by atoms with E-state index in [-0.39, 0.29) is 12.5 Å². The Bertz CT molecular complexity index is 864. The summed E-state index contributed by atoms with van der Waals surface area (Å²) < 4.78 is 40.6. The summed E-state index contributed by atoms with van der Waals surface area (Å²) in [5, 5.41) is 4.93. The van der Waals surface area contributed by atoms with Crippen LogP contribution in [-0.2, 0) is 9.59 Å². The molecule has 2 atom stereocenters. The molecule has 0 aliphatic rings. The van der Waals surface area contributed by atoms with Gasteiger partial charge in [-0.15, -0.1) is 0 Å². The van der Waals surface area contributed by atoms with Crippen molar-refractivity contribution >= 4 is 39.1 Å². The maximum Gasteiger partial charge on any atom is 0.282 e. The monoisotopic (exact) mass is 444 g/mol. The Labute approximate surface area is 162 Å². The van der Waals surface area contributed by atoms with Crippen LogP contribution in [0.2, 0.25) is 0 Å². The standard InChI is InChI=1S/C18H17BrF3N3O2/c1-10(18(27)24-14-8-7-12(20)16(21)17(14)22)25(2)9-15(26)23-13-6-4-3-5-11(13)19/h3-8,10H,9H2,1-2H3,(H,23,26)(H,24,27)/p+1/t10-/m1/s1. The van der Waals surface area contributed by atoms with Crippen LogP contribution in [-0.4, -0.2) is 31.4 Å². The first kappa shape index (κ1) is 20.9. The maximum absolute atomic E-state index is 13.7. The molecule has 144 valence electrons. The number of anilines is 2. The van der Waals surface area contributed by atoms with Gasteiger partial charge >= 0.3 is 0 Å². The third-order valence-electron chi connectivity index (χ3n) is 4.01. The van der Waals surface area contributed by atoms with E-state index in [2.05, 4.69) is 26.6 Å². The minimum Gasteiger partial charge on any atom is -0.320 e. The van der Waals surface area contributed by atoms with Gasteiger partial charge in [0, 0.05) is 4.47 Å². The van der Waals surface area contributed by atoms with Crippen LogP contribution in [0.15, 0.2) is 40.9 Å². The number of amides is 2. The first-order valence-corrected chi connectivity index (χ1v) is 8.81. The van der Waals surface area contributed by atoms with Gasteiger partial charge in [0.15, 0.2) is 30.0 Å². The highest BCUT2D eigenvalue weighted by Gasteiger charge is 2.26. The zero-order valence-electron chi connectivity index (χ0n) is 14.6. The molecule has 0 fully saturated rings. The van der Waals surface area contributed by atoms with E-state index in [0.717, 1.165) is 16.6 Å². The molecule has 2 aromatic rings. The number of benzene rings is 2. The Balaban J connectivity index is 1.97. The van der Waals surface area contributed by atoms with Crippen LogP contribution in [0.1, 0.15) is 6.92 Å². The Kier molecular flexibility index (Phi) is 6.98. The van der Waals surface area contributed by atoms with Crippen molar-refractivity contribution in [3.63, 3.8) is 0 Å². The zero-order valence-corrected chi connectivity index (χ0v) is 16.2. The van der Waals surface area contributed by atoms with Crippen LogP contribution in [0.25, 0.3) is 0 Å². The minimum atomic E-state index is -1.66. The van der Waals surface area contributed by atoms with Gasteiger partial charge in [0.05, 0.1) is 18.4 Å². The Hall–Kier alpha value is -2.39. The van der Waals surface area contributed by atoms with Crippen molar-refractivity contribution in [1.29, 1.82) is 0 Å². The molecule has 2 amide bonds. The van der Waals surface area contributed by atoms with Crippen LogP contribution in [0.4, 0.5) is 24.5 Å². The minimum absolute atomic E-state index is 0.0316. The first-order valence-electron chi connectivity index (χ1n) is 8.01. The highest BCUT2D eigenvalue weighted by atomic mass is 79.9. The normalized spacial score (nSPS) is 13.0. The van der Waals surface area contributed by atoms with Crippen molar-refractivity contribution in [2.75, 3.05) is 24.2 Å². The second-order valence-electron chi connectivity index (χ2n) is 5.99. The van der Waals surface area contributed by atoms with Gasteiger partial charge in [-0.1, -0.05) is 12.1 Å². The fourth-order valence-electron chi connectivity index (χ4n) is 2.25. The summed E-state index contributed by atoms with van der Waals surface area (Å²) in [6.45, 7) is 1.50. The highest BCUT2D eigenvalue weighted by Crippen LogP contribution is 2.21. The van der Waals surface area contributed by atoms with E-state index in [1.54, 1.807) is 31.3 Å². The van der Waals surface area contributed by atoms with Gasteiger partial charge in [-0.05, 0) is 47.1 Å². The number of rotatable bonds is 6. The molecule has 1 unspecified atom stereocenters. The number of hydrogen-bond acceptors (Lipinski definition) is 2. The van der Waals surface area contributed by atoms with E-state index in [1.165, 1.54) is 6.92 Å². The Morgan fingerprint density at radius 1 is 1.04 bits per heavy atom. The molecule has 0 aliphatic carbocycles. The van der Waals surface area contributed by atoms with Gasteiger partial charge in [-0.3, -0.25) is 9.59 Å². The van der Waals surface area contributed by atoms with E-state index in [0.29, 0.717) is 10.6 Å². The SMILES string of the molecule is C[C@H](C(=O)Nc1ccc(F)c(F)c1F)[NH+](C)CC(=O)Nc1ccccc1Br. The molecule has 0 bridgehead atoms. The molecule has 0 aromatic heterocycles. The Morgan fingerprint density at radius 2 is 1.70 bits per heavy atom. The van der Waals surface area contributed by atoms with Gasteiger partial charge in [-0.25, -0.2) is 13.2 Å². The topological polar surface area (TPSA) is 62.6 Å². The third kappa shape index (κ3) is 5.30. The van der Waals surface area contributed by atoms with Crippen molar-refractivity contribution in [1.82, 2.24) is 0 Å². The molecule has 0 saturated carbocycles. The smallest absolute Gasteiger partial charge is 0.282 e. The summed E-state index contributed by atoms with van der Waals surface area (Å²) in [7, 11) is 1.62. The van der Waals surface area contributed by atoms with E-state index >= 15 is 0 Å². The number of para-hydroxylation sites is 1. The maximum atomic E-state index is 13.7. The van der Waals surface area contributed by atoms with Crippen molar-refractivity contribution in [2.24, 2.45) is 0 Å². The molecule has 2 aromatic carbocycles. The van der Waals surface area contributed by atoms with Gasteiger partial charge in [0.2, 0.25) is 0 Å². The van der Waals surface area contributed by atoms with E-state index in [9.17, 15) is 22.8 Å². The quantitative estimate of drug-likeness (QED) is 0.598. The number of nitrogens with one attached hydrogen (secondary N) is 3. The number of quaternary nitrogens is 1. The second kappa shape index (κ2) is 9.01. The number of carbonyl (C=O) groups excluding carboxylic acids is 2. The Morgan fingerprint density at radius 3 is 2.37 bits per heavy atom. The average Bonchev–Trinajstić information content (AvgIpc) is 2.63. The summed E-state index contributed by atoms with van der Waals surface area (Å²) in [5.74, 6) is -5.43. The molecule has 27 heavy (non-hydrogen) atoms. The summed E-state index contributed by atoms with van der Waals surface area (Å²) in [6.07, 6.45) is 0. The number of likely N-dealkylation sites (N-methyl/N-ethyl adjacent to an activating group) is 1. The van der Waals surface area contributed by atoms with Crippen molar-refractivity contribution in [2.45, 2.75) is 13.0 Å². The van der Waals surface area contributed by atoms with Crippen molar-refractivity contribution in [3.8, 4) is 0 Å². The molecule has 5 nitrogen and oxygen atoms in total. The largest absolute Gasteiger partial charge is 0.320 e. The molecule has 0 radical (unpaired) electrons. The van der Waals surface area contributed by atoms with Gasteiger partial charge in [0.25, 0.3) is 11.8 Å². The lowest BCUT2D eigenvalue weighted by Crippen LogP contribution is -3.14. The number of carbonyl (C=O) groups is 2. The predicted octanol–water partition coefficient (Wildman–Crippen LogP) is 2.35. The number of hydrogen-bond donors (Lipinski definition) is 3. The van der Waals surface area contributed by atoms with Crippen LogP contribution in [0.3, 0.4) is 0 Å². The van der Waals surface area contributed by atoms with E-state index in [4.69, 9.17) is 0 Å². The fourth-order valence-corrected chi connectivity index (χ4v) is 2.63. The number of halogens is 4. The van der Waals surface area contributed by atoms with Crippen LogP contribution in [0.5, 0.6) is 0 Å². The highest BCUT2D eigenvalue weighted by molar-refractivity contribution is 9.10. The average molecular weight is 445 g/mol. The fraction of sp³-hybridized carbons (Fsp3) is 0.222. The summed E-state index contributed by atoms with van der Waals surface area (Å²) in [5.41, 5.74) is 0.132. The molecular weight excluding hydrogens is 427 g/mol. The lowest BCUT2D eigenvalue weighted by molar-refractivity contribution is -0.885. The predicted molar refractivity (Wildman–Crippen MR) is 98.9 cm³/mol.